The Morgan fingerprint density at radius 3 is 2.96 bits per heavy atom. The van der Waals surface area contributed by atoms with Gasteiger partial charge in [0.05, 0.1) is 12.7 Å². The lowest BCUT2D eigenvalue weighted by Gasteiger charge is -2.02. The second-order valence-electron chi connectivity index (χ2n) is 5.76. The Labute approximate surface area is 134 Å². The van der Waals surface area contributed by atoms with Crippen LogP contribution in [0.25, 0.3) is 0 Å². The van der Waals surface area contributed by atoms with Crippen molar-refractivity contribution in [1.82, 2.24) is 19.7 Å². The number of aliphatic imine (C=N–C) groups is 2. The SMILES string of the molecule is NC(CC(N)=Nc1cc(C2CC2)[nH]n1)=NCCCn1ccnc1. The molecule has 1 aliphatic rings. The normalized spacial score (nSPS) is 16.0. The van der Waals surface area contributed by atoms with Gasteiger partial charge in [-0.25, -0.2) is 9.98 Å². The summed E-state index contributed by atoms with van der Waals surface area (Å²) in [5.41, 5.74) is 12.9. The fourth-order valence-corrected chi connectivity index (χ4v) is 2.31. The Morgan fingerprint density at radius 1 is 1.35 bits per heavy atom. The first kappa shape index (κ1) is 15.3. The summed E-state index contributed by atoms with van der Waals surface area (Å²) in [5, 5.41) is 7.15. The summed E-state index contributed by atoms with van der Waals surface area (Å²) in [5.74, 6) is 2.15. The van der Waals surface area contributed by atoms with Crippen molar-refractivity contribution in [3.63, 3.8) is 0 Å². The van der Waals surface area contributed by atoms with E-state index in [0.717, 1.165) is 18.7 Å². The van der Waals surface area contributed by atoms with Crippen LogP contribution in [0.15, 0.2) is 34.8 Å². The number of aryl methyl sites for hydroxylation is 1. The Balaban J connectivity index is 1.44. The minimum atomic E-state index is 0.358. The first-order valence-corrected chi connectivity index (χ1v) is 7.83. The van der Waals surface area contributed by atoms with Gasteiger partial charge < -0.3 is 16.0 Å². The zero-order valence-corrected chi connectivity index (χ0v) is 13.0. The van der Waals surface area contributed by atoms with E-state index in [1.165, 1.54) is 12.8 Å². The third kappa shape index (κ3) is 4.67. The van der Waals surface area contributed by atoms with Gasteiger partial charge in [0, 0.05) is 43.2 Å². The molecular formula is C15H22N8. The van der Waals surface area contributed by atoms with E-state index in [4.69, 9.17) is 11.5 Å². The van der Waals surface area contributed by atoms with Crippen LogP contribution in [0.2, 0.25) is 0 Å². The van der Waals surface area contributed by atoms with E-state index in [-0.39, 0.29) is 0 Å². The van der Waals surface area contributed by atoms with Crippen molar-refractivity contribution in [2.75, 3.05) is 6.54 Å². The first-order chi connectivity index (χ1) is 11.2. The van der Waals surface area contributed by atoms with Gasteiger partial charge in [-0.2, -0.15) is 5.10 Å². The fraction of sp³-hybridized carbons (Fsp3) is 0.467. The van der Waals surface area contributed by atoms with Gasteiger partial charge in [0.2, 0.25) is 0 Å². The number of aromatic nitrogens is 4. The molecule has 8 heteroatoms. The van der Waals surface area contributed by atoms with Crippen molar-refractivity contribution < 1.29 is 0 Å². The topological polar surface area (TPSA) is 123 Å². The molecule has 122 valence electrons. The van der Waals surface area contributed by atoms with E-state index in [0.29, 0.717) is 36.4 Å². The van der Waals surface area contributed by atoms with E-state index in [9.17, 15) is 0 Å². The van der Waals surface area contributed by atoms with Crippen LogP contribution in [0.1, 0.15) is 37.3 Å². The van der Waals surface area contributed by atoms with Gasteiger partial charge in [-0.05, 0) is 19.3 Å². The third-order valence-corrected chi connectivity index (χ3v) is 3.67. The summed E-state index contributed by atoms with van der Waals surface area (Å²) in [6.07, 6.45) is 9.18. The van der Waals surface area contributed by atoms with Crippen LogP contribution in [-0.4, -0.2) is 38.0 Å². The Morgan fingerprint density at radius 2 is 2.22 bits per heavy atom. The molecule has 2 aromatic rings. The maximum atomic E-state index is 5.91. The largest absolute Gasteiger partial charge is 0.387 e. The van der Waals surface area contributed by atoms with Gasteiger partial charge in [-0.1, -0.05) is 0 Å². The van der Waals surface area contributed by atoms with Crippen LogP contribution in [0.5, 0.6) is 0 Å². The van der Waals surface area contributed by atoms with Crippen molar-refractivity contribution >= 4 is 17.5 Å². The van der Waals surface area contributed by atoms with Crippen molar-refractivity contribution in [3.8, 4) is 0 Å². The van der Waals surface area contributed by atoms with E-state index >= 15 is 0 Å². The van der Waals surface area contributed by atoms with E-state index in [2.05, 4.69) is 25.2 Å². The van der Waals surface area contributed by atoms with Crippen molar-refractivity contribution in [2.24, 2.45) is 21.5 Å². The van der Waals surface area contributed by atoms with E-state index < -0.39 is 0 Å². The highest BCUT2D eigenvalue weighted by Crippen LogP contribution is 2.39. The number of nitrogens with two attached hydrogens (primary N) is 2. The van der Waals surface area contributed by atoms with Crippen LogP contribution in [0.3, 0.4) is 0 Å². The molecule has 0 unspecified atom stereocenters. The average molecular weight is 314 g/mol. The van der Waals surface area contributed by atoms with Gasteiger partial charge in [-0.3, -0.25) is 10.1 Å². The standard InChI is InChI=1S/C15H22N8/c16-13(19-4-1-6-23-7-5-18-10-23)9-14(17)20-15-8-12(21-22-15)11-2-3-11/h5,7-8,10-11H,1-4,6,9H2,(H2,16,19)(H3,17,20,21,22). The lowest BCUT2D eigenvalue weighted by molar-refractivity contribution is 0.650. The predicted molar refractivity (Wildman–Crippen MR) is 89.8 cm³/mol. The maximum Gasteiger partial charge on any atom is 0.175 e. The molecule has 8 nitrogen and oxygen atoms in total. The second-order valence-corrected chi connectivity index (χ2v) is 5.76. The molecule has 0 spiro atoms. The Kier molecular flexibility index (Phi) is 4.70. The van der Waals surface area contributed by atoms with Crippen LogP contribution in [0.4, 0.5) is 5.82 Å². The fourth-order valence-electron chi connectivity index (χ4n) is 2.31. The number of aromatic amines is 1. The molecule has 0 amide bonds. The zero-order chi connectivity index (χ0) is 16.1. The highest BCUT2D eigenvalue weighted by atomic mass is 15.2. The van der Waals surface area contributed by atoms with Gasteiger partial charge in [0.1, 0.15) is 11.7 Å². The first-order valence-electron chi connectivity index (χ1n) is 7.83. The number of rotatable bonds is 8. The number of hydrogen-bond donors (Lipinski definition) is 3. The predicted octanol–water partition coefficient (Wildman–Crippen LogP) is 1.31. The minimum Gasteiger partial charge on any atom is -0.387 e. The van der Waals surface area contributed by atoms with E-state index in [1.54, 1.807) is 12.5 Å². The Hall–Kier alpha value is -2.64. The zero-order valence-electron chi connectivity index (χ0n) is 13.0. The molecule has 23 heavy (non-hydrogen) atoms. The van der Waals surface area contributed by atoms with E-state index in [1.807, 2.05) is 16.8 Å². The number of amidine groups is 2. The van der Waals surface area contributed by atoms with Gasteiger partial charge in [-0.15, -0.1) is 0 Å². The van der Waals surface area contributed by atoms with Gasteiger partial charge >= 0.3 is 0 Å². The van der Waals surface area contributed by atoms with Crippen LogP contribution < -0.4 is 11.5 Å². The summed E-state index contributed by atoms with van der Waals surface area (Å²) in [6, 6.07) is 1.95. The monoisotopic (exact) mass is 314 g/mol. The molecule has 3 rings (SSSR count). The smallest absolute Gasteiger partial charge is 0.175 e. The third-order valence-electron chi connectivity index (χ3n) is 3.67. The summed E-state index contributed by atoms with van der Waals surface area (Å²) < 4.78 is 2.01. The van der Waals surface area contributed by atoms with Crippen LogP contribution in [0, 0.1) is 0 Å². The number of nitrogens with zero attached hydrogens (tertiary/aromatic N) is 5. The number of nitrogens with one attached hydrogen (secondary N) is 1. The molecule has 0 aliphatic heterocycles. The number of hydrogen-bond acceptors (Lipinski definition) is 4. The summed E-state index contributed by atoms with van der Waals surface area (Å²) in [7, 11) is 0. The lowest BCUT2D eigenvalue weighted by Crippen LogP contribution is -2.23. The maximum absolute atomic E-state index is 5.91. The number of H-pyrrole nitrogens is 1. The molecule has 2 aromatic heterocycles. The highest BCUT2D eigenvalue weighted by molar-refractivity contribution is 6.01. The molecule has 0 atom stereocenters. The summed E-state index contributed by atoms with van der Waals surface area (Å²) in [6.45, 7) is 1.53. The van der Waals surface area contributed by atoms with Crippen LogP contribution in [-0.2, 0) is 6.54 Å². The molecule has 1 fully saturated rings. The van der Waals surface area contributed by atoms with Gasteiger partial charge in [0.25, 0.3) is 0 Å². The highest BCUT2D eigenvalue weighted by Gasteiger charge is 2.25. The summed E-state index contributed by atoms with van der Waals surface area (Å²) in [4.78, 5) is 12.6. The van der Waals surface area contributed by atoms with Crippen LogP contribution >= 0.6 is 0 Å². The van der Waals surface area contributed by atoms with Crippen molar-refractivity contribution in [1.29, 1.82) is 0 Å². The molecule has 2 heterocycles. The second kappa shape index (κ2) is 7.08. The molecule has 0 saturated heterocycles. The molecule has 1 saturated carbocycles. The molecule has 1 aliphatic carbocycles. The molecule has 0 bridgehead atoms. The molecule has 5 N–H and O–H groups in total. The van der Waals surface area contributed by atoms with Gasteiger partial charge in [0.15, 0.2) is 5.82 Å². The van der Waals surface area contributed by atoms with Crippen molar-refractivity contribution in [2.45, 2.75) is 38.1 Å². The number of imidazole rings is 1. The average Bonchev–Trinajstić information content (AvgIpc) is 3.05. The minimum absolute atomic E-state index is 0.358. The molecule has 0 aromatic carbocycles. The molecule has 0 radical (unpaired) electrons. The molecular weight excluding hydrogens is 292 g/mol. The summed E-state index contributed by atoms with van der Waals surface area (Å²) >= 11 is 0. The Bertz CT molecular complexity index is 678. The van der Waals surface area contributed by atoms with Crippen molar-refractivity contribution in [3.05, 3.63) is 30.5 Å². The quantitative estimate of drug-likeness (QED) is 0.386. The lowest BCUT2D eigenvalue weighted by atomic mass is 10.3.